The average molecular weight is 417 g/mol. The van der Waals surface area contributed by atoms with E-state index < -0.39 is 0 Å². The third-order valence-electron chi connectivity index (χ3n) is 4.81. The van der Waals surface area contributed by atoms with E-state index in [1.165, 1.54) is 11.3 Å². The number of rotatable bonds is 6. The molecule has 1 atom stereocenters. The number of piperazine rings is 1. The fourth-order valence-electron chi connectivity index (χ4n) is 3.23. The zero-order chi connectivity index (χ0) is 20.8. The van der Waals surface area contributed by atoms with Gasteiger partial charge in [-0.2, -0.15) is 0 Å². The highest BCUT2D eigenvalue weighted by atomic mass is 32.1. The summed E-state index contributed by atoms with van der Waals surface area (Å²) in [6.07, 6.45) is 0.488. The quantitative estimate of drug-likeness (QED) is 0.781. The van der Waals surface area contributed by atoms with Crippen LogP contribution in [0.15, 0.2) is 35.7 Å². The molecule has 2 aromatic rings. The third kappa shape index (κ3) is 5.77. The summed E-state index contributed by atoms with van der Waals surface area (Å²) in [7, 11) is 0. The fourth-order valence-corrected chi connectivity index (χ4v) is 4.04. The summed E-state index contributed by atoms with van der Waals surface area (Å²) in [5.41, 5.74) is 7.56. The minimum atomic E-state index is -0.350. The minimum Gasteiger partial charge on any atom is -0.445 e. The lowest BCUT2D eigenvalue weighted by Gasteiger charge is -2.33. The summed E-state index contributed by atoms with van der Waals surface area (Å²) in [5.74, 6) is 0.365. The molecule has 29 heavy (non-hydrogen) atoms. The van der Waals surface area contributed by atoms with E-state index in [0.29, 0.717) is 37.8 Å². The summed E-state index contributed by atoms with van der Waals surface area (Å²) >= 11 is 1.43. The average Bonchev–Trinajstić information content (AvgIpc) is 3.22. The summed E-state index contributed by atoms with van der Waals surface area (Å²) in [5, 5.41) is 2.57. The van der Waals surface area contributed by atoms with Crippen LogP contribution in [0.5, 0.6) is 0 Å². The standard InChI is InChI=1S/C21H28N4O3S/c1-15(2)12-17(22)19-23-18(14-29-19)20(26)24-8-10-25(11-9-24)21(27)28-13-16-6-4-3-5-7-16/h3-7,14-15,17H,8-13,22H2,1-2H3. The molecule has 2 amide bonds. The number of hydrogen-bond donors (Lipinski definition) is 1. The SMILES string of the molecule is CC(C)CC(N)c1nc(C(=O)N2CCN(C(=O)OCc3ccccc3)CC2)cs1. The number of hydrogen-bond acceptors (Lipinski definition) is 6. The van der Waals surface area contributed by atoms with Gasteiger partial charge in [0.25, 0.3) is 5.91 Å². The summed E-state index contributed by atoms with van der Waals surface area (Å²) < 4.78 is 5.37. The van der Waals surface area contributed by atoms with Crippen LogP contribution in [0.1, 0.15) is 47.4 Å². The molecule has 1 fully saturated rings. The Kier molecular flexibility index (Phi) is 7.22. The van der Waals surface area contributed by atoms with E-state index in [1.54, 1.807) is 15.2 Å². The first kappa shape index (κ1) is 21.3. The molecule has 1 aliphatic rings. The highest BCUT2D eigenvalue weighted by molar-refractivity contribution is 7.09. The highest BCUT2D eigenvalue weighted by Crippen LogP contribution is 2.23. The van der Waals surface area contributed by atoms with Crippen molar-refractivity contribution in [1.29, 1.82) is 0 Å². The van der Waals surface area contributed by atoms with Crippen molar-refractivity contribution in [2.75, 3.05) is 26.2 Å². The Bertz CT molecular complexity index is 816. The van der Waals surface area contributed by atoms with Gasteiger partial charge in [-0.3, -0.25) is 4.79 Å². The molecule has 0 radical (unpaired) electrons. The zero-order valence-corrected chi connectivity index (χ0v) is 17.7. The van der Waals surface area contributed by atoms with Gasteiger partial charge in [-0.1, -0.05) is 44.2 Å². The van der Waals surface area contributed by atoms with Gasteiger partial charge in [0.1, 0.15) is 17.3 Å². The first-order valence-electron chi connectivity index (χ1n) is 9.90. The molecule has 1 aromatic carbocycles. The normalized spacial score (nSPS) is 15.4. The number of benzene rings is 1. The first-order chi connectivity index (χ1) is 13.9. The van der Waals surface area contributed by atoms with E-state index in [1.807, 2.05) is 30.3 Å². The molecule has 2 N–H and O–H groups in total. The predicted octanol–water partition coefficient (Wildman–Crippen LogP) is 3.28. The van der Waals surface area contributed by atoms with Crippen LogP contribution in [0.2, 0.25) is 0 Å². The number of aromatic nitrogens is 1. The maximum atomic E-state index is 12.7. The fraction of sp³-hybridized carbons (Fsp3) is 0.476. The maximum absolute atomic E-state index is 12.7. The van der Waals surface area contributed by atoms with Crippen molar-refractivity contribution >= 4 is 23.3 Å². The van der Waals surface area contributed by atoms with E-state index in [0.717, 1.165) is 17.0 Å². The molecule has 0 spiro atoms. The second-order valence-corrected chi connectivity index (χ2v) is 8.52. The van der Waals surface area contributed by atoms with Crippen LogP contribution in [-0.2, 0) is 11.3 Å². The molecule has 7 nitrogen and oxygen atoms in total. The van der Waals surface area contributed by atoms with Gasteiger partial charge >= 0.3 is 6.09 Å². The smallest absolute Gasteiger partial charge is 0.410 e. The van der Waals surface area contributed by atoms with Crippen LogP contribution >= 0.6 is 11.3 Å². The van der Waals surface area contributed by atoms with Crippen molar-refractivity contribution in [3.8, 4) is 0 Å². The van der Waals surface area contributed by atoms with Gasteiger partial charge in [0.05, 0.1) is 6.04 Å². The van der Waals surface area contributed by atoms with Gasteiger partial charge in [0.15, 0.2) is 0 Å². The van der Waals surface area contributed by atoms with E-state index >= 15 is 0 Å². The lowest BCUT2D eigenvalue weighted by atomic mass is 10.1. The Hall–Kier alpha value is -2.45. The Morgan fingerprint density at radius 3 is 2.45 bits per heavy atom. The number of carbonyl (C=O) groups is 2. The lowest BCUT2D eigenvalue weighted by Crippen LogP contribution is -2.50. The molecule has 1 unspecified atom stereocenters. The second-order valence-electron chi connectivity index (χ2n) is 7.63. The largest absolute Gasteiger partial charge is 0.445 e. The molecular formula is C21H28N4O3S. The van der Waals surface area contributed by atoms with Gasteiger partial charge in [-0.15, -0.1) is 11.3 Å². The summed E-state index contributed by atoms with van der Waals surface area (Å²) in [4.78, 5) is 32.8. The van der Waals surface area contributed by atoms with Crippen molar-refractivity contribution in [2.45, 2.75) is 32.9 Å². The van der Waals surface area contributed by atoms with Crippen LogP contribution < -0.4 is 5.73 Å². The topological polar surface area (TPSA) is 88.8 Å². The number of carbonyl (C=O) groups excluding carboxylic acids is 2. The van der Waals surface area contributed by atoms with Crippen LogP contribution in [0.25, 0.3) is 0 Å². The van der Waals surface area contributed by atoms with Crippen LogP contribution in [-0.4, -0.2) is 53.0 Å². The summed E-state index contributed by atoms with van der Waals surface area (Å²) in [6, 6.07) is 9.43. The third-order valence-corrected chi connectivity index (χ3v) is 5.79. The molecule has 2 heterocycles. The van der Waals surface area contributed by atoms with Crippen molar-refractivity contribution in [3.63, 3.8) is 0 Å². The van der Waals surface area contributed by atoms with Gasteiger partial charge < -0.3 is 20.3 Å². The molecule has 8 heteroatoms. The minimum absolute atomic E-state index is 0.110. The molecule has 1 saturated heterocycles. The summed E-state index contributed by atoms with van der Waals surface area (Å²) in [6.45, 7) is 6.30. The van der Waals surface area contributed by atoms with Crippen LogP contribution in [0.3, 0.4) is 0 Å². The number of nitrogens with zero attached hydrogens (tertiary/aromatic N) is 3. The maximum Gasteiger partial charge on any atom is 0.410 e. The highest BCUT2D eigenvalue weighted by Gasteiger charge is 2.27. The Labute approximate surface area is 175 Å². The Morgan fingerprint density at radius 2 is 1.79 bits per heavy atom. The molecule has 0 aliphatic carbocycles. The van der Waals surface area contributed by atoms with E-state index in [9.17, 15) is 9.59 Å². The lowest BCUT2D eigenvalue weighted by molar-refractivity contribution is 0.0540. The monoisotopic (exact) mass is 416 g/mol. The molecule has 3 rings (SSSR count). The van der Waals surface area contributed by atoms with E-state index in [-0.39, 0.29) is 24.6 Å². The van der Waals surface area contributed by atoms with E-state index in [2.05, 4.69) is 18.8 Å². The second kappa shape index (κ2) is 9.84. The Balaban J connectivity index is 1.48. The molecule has 1 aliphatic heterocycles. The van der Waals surface area contributed by atoms with Gasteiger partial charge in [0.2, 0.25) is 0 Å². The van der Waals surface area contributed by atoms with Crippen molar-refractivity contribution in [3.05, 3.63) is 52.0 Å². The molecule has 0 bridgehead atoms. The van der Waals surface area contributed by atoms with E-state index in [4.69, 9.17) is 10.5 Å². The molecule has 156 valence electrons. The van der Waals surface area contributed by atoms with Crippen molar-refractivity contribution < 1.29 is 14.3 Å². The van der Waals surface area contributed by atoms with Crippen molar-refractivity contribution in [2.24, 2.45) is 11.7 Å². The van der Waals surface area contributed by atoms with Gasteiger partial charge in [-0.25, -0.2) is 9.78 Å². The number of amides is 2. The predicted molar refractivity (Wildman–Crippen MR) is 113 cm³/mol. The van der Waals surface area contributed by atoms with Crippen molar-refractivity contribution in [1.82, 2.24) is 14.8 Å². The molecule has 0 saturated carbocycles. The van der Waals surface area contributed by atoms with Crippen LogP contribution in [0.4, 0.5) is 4.79 Å². The number of ether oxygens (including phenoxy) is 1. The molecule has 1 aromatic heterocycles. The van der Waals surface area contributed by atoms with Crippen LogP contribution in [0, 0.1) is 5.92 Å². The van der Waals surface area contributed by atoms with Gasteiger partial charge in [-0.05, 0) is 17.9 Å². The number of thiazole rings is 1. The Morgan fingerprint density at radius 1 is 1.14 bits per heavy atom. The first-order valence-corrected chi connectivity index (χ1v) is 10.8. The number of nitrogens with two attached hydrogens (primary N) is 1. The zero-order valence-electron chi connectivity index (χ0n) is 16.9. The van der Waals surface area contributed by atoms with Gasteiger partial charge in [0, 0.05) is 31.6 Å². The molecular weight excluding hydrogens is 388 g/mol.